The van der Waals surface area contributed by atoms with E-state index in [1.54, 1.807) is 0 Å². The van der Waals surface area contributed by atoms with Crippen LogP contribution < -0.4 is 0 Å². The van der Waals surface area contributed by atoms with Crippen molar-refractivity contribution in [2.45, 2.75) is 116 Å². The molecule has 9 atom stereocenters. The molecule has 0 radical (unpaired) electrons. The van der Waals surface area contributed by atoms with Gasteiger partial charge in [-0.2, -0.15) is 5.26 Å². The van der Waals surface area contributed by atoms with Crippen LogP contribution in [0.15, 0.2) is 11.6 Å². The van der Waals surface area contributed by atoms with E-state index in [0.717, 1.165) is 58.0 Å². The van der Waals surface area contributed by atoms with Crippen LogP contribution in [0.3, 0.4) is 0 Å². The standard InChI is InChI=1S/C29H43NO4/c1-19(31)33-21-12-14-27(2)20(17-21)8-9-22-23-10-11-25(28(23,3)15-13-24(22)27)29(4,18-30)34-26-7-5-6-16-32-26/h8,21-26H,5-7,9-17H2,1-4H3/t21-,22?,23?,24?,25?,26?,27-,28-,29-/m0/s1. The van der Waals surface area contributed by atoms with Gasteiger partial charge < -0.3 is 14.2 Å². The summed E-state index contributed by atoms with van der Waals surface area (Å²) in [6, 6.07) is 2.62. The van der Waals surface area contributed by atoms with E-state index >= 15 is 0 Å². The highest BCUT2D eigenvalue weighted by molar-refractivity contribution is 5.66. The van der Waals surface area contributed by atoms with Gasteiger partial charge in [-0.25, -0.2) is 0 Å². The van der Waals surface area contributed by atoms with E-state index in [0.29, 0.717) is 17.8 Å². The number of fused-ring (bicyclic) bond motifs is 5. The number of hydrogen-bond acceptors (Lipinski definition) is 5. The second kappa shape index (κ2) is 8.93. The molecule has 5 rings (SSSR count). The summed E-state index contributed by atoms with van der Waals surface area (Å²) in [5.41, 5.74) is 1.10. The molecule has 0 aromatic heterocycles. The van der Waals surface area contributed by atoms with E-state index in [-0.39, 0.29) is 35.1 Å². The largest absolute Gasteiger partial charge is 0.462 e. The first-order chi connectivity index (χ1) is 16.2. The van der Waals surface area contributed by atoms with Crippen molar-refractivity contribution < 1.29 is 19.0 Å². The molecule has 1 heterocycles. The lowest BCUT2D eigenvalue weighted by Gasteiger charge is -2.58. The molecule has 4 aliphatic carbocycles. The molecule has 0 N–H and O–H groups in total. The van der Waals surface area contributed by atoms with E-state index < -0.39 is 5.60 Å². The molecule has 4 fully saturated rings. The van der Waals surface area contributed by atoms with Gasteiger partial charge in [0, 0.05) is 25.9 Å². The number of rotatable bonds is 4. The number of carbonyl (C=O) groups excluding carboxylic acids is 1. The fourth-order valence-electron chi connectivity index (χ4n) is 9.13. The monoisotopic (exact) mass is 469 g/mol. The van der Waals surface area contributed by atoms with Crippen LogP contribution in [-0.4, -0.2) is 30.6 Å². The van der Waals surface area contributed by atoms with Crippen LogP contribution in [-0.2, 0) is 19.0 Å². The van der Waals surface area contributed by atoms with Gasteiger partial charge in [-0.05, 0) is 99.7 Å². The number of allylic oxidation sites excluding steroid dienone is 1. The Hall–Kier alpha value is -1.38. The van der Waals surface area contributed by atoms with Crippen LogP contribution in [0.25, 0.3) is 0 Å². The second-order valence-corrected chi connectivity index (χ2v) is 12.5. The lowest BCUT2D eigenvalue weighted by molar-refractivity contribution is -0.229. The Morgan fingerprint density at radius 2 is 1.97 bits per heavy atom. The van der Waals surface area contributed by atoms with Crippen LogP contribution in [0.1, 0.15) is 98.3 Å². The average Bonchev–Trinajstić information content (AvgIpc) is 3.17. The highest BCUT2D eigenvalue weighted by atomic mass is 16.7. The zero-order valence-electron chi connectivity index (χ0n) is 21.6. The van der Waals surface area contributed by atoms with Crippen molar-refractivity contribution >= 4 is 5.97 Å². The summed E-state index contributed by atoms with van der Waals surface area (Å²) in [5, 5.41) is 10.3. The number of nitrogens with zero attached hydrogens (tertiary/aromatic N) is 1. The molecule has 34 heavy (non-hydrogen) atoms. The number of esters is 1. The number of hydrogen-bond donors (Lipinski definition) is 0. The smallest absolute Gasteiger partial charge is 0.302 e. The SMILES string of the molecule is CC(=O)O[C@H]1CC[C@@]2(C)C(=CCC3C4CCC([C@](C)(C#N)OC5CCCCO5)[C@@]4(C)CCC32)C1. The van der Waals surface area contributed by atoms with Crippen LogP contribution >= 0.6 is 0 Å². The molecule has 5 unspecified atom stereocenters. The number of ether oxygens (including phenoxy) is 3. The number of carbonyl (C=O) groups is 1. The van der Waals surface area contributed by atoms with Crippen molar-refractivity contribution in [1.29, 1.82) is 5.26 Å². The summed E-state index contributed by atoms with van der Waals surface area (Å²) < 4.78 is 18.0. The minimum Gasteiger partial charge on any atom is -0.462 e. The van der Waals surface area contributed by atoms with Gasteiger partial charge in [0.1, 0.15) is 6.10 Å². The normalized spacial score (nSPS) is 45.6. The Balaban J connectivity index is 1.35. The first kappa shape index (κ1) is 24.3. The van der Waals surface area contributed by atoms with Gasteiger partial charge in [0.25, 0.3) is 0 Å². The third kappa shape index (κ3) is 3.94. The van der Waals surface area contributed by atoms with Crippen LogP contribution in [0.4, 0.5) is 0 Å². The topological polar surface area (TPSA) is 68.6 Å². The van der Waals surface area contributed by atoms with Crippen molar-refractivity contribution in [3.05, 3.63) is 11.6 Å². The maximum Gasteiger partial charge on any atom is 0.302 e. The second-order valence-electron chi connectivity index (χ2n) is 12.5. The van der Waals surface area contributed by atoms with E-state index in [1.165, 1.54) is 31.8 Å². The van der Waals surface area contributed by atoms with Gasteiger partial charge >= 0.3 is 5.97 Å². The molecule has 188 valence electrons. The molecule has 5 heteroatoms. The van der Waals surface area contributed by atoms with E-state index in [9.17, 15) is 10.1 Å². The summed E-state index contributed by atoms with van der Waals surface area (Å²) in [7, 11) is 0. The molecule has 0 amide bonds. The molecule has 5 aliphatic rings. The van der Waals surface area contributed by atoms with Gasteiger partial charge in [-0.1, -0.05) is 25.5 Å². The van der Waals surface area contributed by atoms with E-state index in [1.807, 2.05) is 6.92 Å². The lowest BCUT2D eigenvalue weighted by Crippen LogP contribution is -2.54. The minimum absolute atomic E-state index is 0.0496. The Morgan fingerprint density at radius 1 is 1.15 bits per heavy atom. The maximum atomic E-state index is 11.5. The van der Waals surface area contributed by atoms with Crippen molar-refractivity contribution in [3.8, 4) is 6.07 Å². The zero-order chi connectivity index (χ0) is 24.1. The van der Waals surface area contributed by atoms with Crippen molar-refractivity contribution in [3.63, 3.8) is 0 Å². The molecular formula is C29H43NO4. The van der Waals surface area contributed by atoms with Gasteiger partial charge in [-0.3, -0.25) is 4.79 Å². The summed E-state index contributed by atoms with van der Waals surface area (Å²) in [6.45, 7) is 9.25. The van der Waals surface area contributed by atoms with Crippen molar-refractivity contribution in [1.82, 2.24) is 0 Å². The first-order valence-corrected chi connectivity index (χ1v) is 13.8. The van der Waals surface area contributed by atoms with Crippen molar-refractivity contribution in [2.24, 2.45) is 34.5 Å². The van der Waals surface area contributed by atoms with E-state index in [2.05, 4.69) is 26.0 Å². The molecule has 1 aliphatic heterocycles. The van der Waals surface area contributed by atoms with E-state index in [4.69, 9.17) is 14.2 Å². The van der Waals surface area contributed by atoms with Gasteiger partial charge in [0.2, 0.25) is 0 Å². The third-order valence-corrected chi connectivity index (χ3v) is 10.8. The predicted molar refractivity (Wildman–Crippen MR) is 129 cm³/mol. The first-order valence-electron chi connectivity index (χ1n) is 13.8. The molecule has 0 aromatic rings. The summed E-state index contributed by atoms with van der Waals surface area (Å²) in [6.07, 6.45) is 14.2. The average molecular weight is 470 g/mol. The van der Waals surface area contributed by atoms with Gasteiger partial charge in [-0.15, -0.1) is 0 Å². The molecule has 1 saturated heterocycles. The highest BCUT2D eigenvalue weighted by Crippen LogP contribution is 2.67. The highest BCUT2D eigenvalue weighted by Gasteiger charge is 2.62. The minimum atomic E-state index is -0.792. The van der Waals surface area contributed by atoms with Crippen molar-refractivity contribution in [2.75, 3.05) is 6.61 Å². The Morgan fingerprint density at radius 3 is 2.68 bits per heavy atom. The molecular weight excluding hydrogens is 426 g/mol. The maximum absolute atomic E-state index is 11.5. The Bertz CT molecular complexity index is 872. The van der Waals surface area contributed by atoms with Gasteiger partial charge in [0.15, 0.2) is 11.9 Å². The molecule has 5 nitrogen and oxygen atoms in total. The molecule has 0 aromatic carbocycles. The molecule has 0 spiro atoms. The Kier molecular flexibility index (Phi) is 6.39. The fourth-order valence-corrected chi connectivity index (χ4v) is 9.13. The number of nitriles is 1. The van der Waals surface area contributed by atoms with Crippen LogP contribution in [0, 0.1) is 45.8 Å². The molecule has 0 bridgehead atoms. The van der Waals surface area contributed by atoms with Crippen LogP contribution in [0.5, 0.6) is 0 Å². The third-order valence-electron chi connectivity index (χ3n) is 10.8. The predicted octanol–water partition coefficient (Wildman–Crippen LogP) is 6.32. The lowest BCUT2D eigenvalue weighted by atomic mass is 9.47. The molecule has 3 saturated carbocycles. The fraction of sp³-hybridized carbons (Fsp3) is 0.862. The summed E-state index contributed by atoms with van der Waals surface area (Å²) >= 11 is 0. The van der Waals surface area contributed by atoms with Crippen LogP contribution in [0.2, 0.25) is 0 Å². The summed E-state index contributed by atoms with van der Waals surface area (Å²) in [4.78, 5) is 11.5. The summed E-state index contributed by atoms with van der Waals surface area (Å²) in [5.74, 6) is 2.10. The quantitative estimate of drug-likeness (QED) is 0.356. The van der Waals surface area contributed by atoms with Gasteiger partial charge in [0.05, 0.1) is 6.07 Å². The zero-order valence-corrected chi connectivity index (χ0v) is 21.6. The Labute approximate surface area is 205 Å².